The molecule has 0 aromatic carbocycles. The fourth-order valence-corrected chi connectivity index (χ4v) is 0.852. The van der Waals surface area contributed by atoms with E-state index in [0.29, 0.717) is 11.3 Å². The van der Waals surface area contributed by atoms with Crippen LogP contribution >= 0.6 is 11.6 Å². The lowest BCUT2D eigenvalue weighted by Gasteiger charge is -1.90. The van der Waals surface area contributed by atoms with Gasteiger partial charge in [-0.3, -0.25) is 9.78 Å². The summed E-state index contributed by atoms with van der Waals surface area (Å²) >= 11 is 5.64. The number of halogens is 1. The van der Waals surface area contributed by atoms with Crippen LogP contribution in [0, 0.1) is 0 Å². The minimum Gasteiger partial charge on any atom is -0.299 e. The molecule has 0 amide bonds. The van der Waals surface area contributed by atoms with Crippen molar-refractivity contribution in [1.82, 2.24) is 4.98 Å². The first-order chi connectivity index (χ1) is 5.33. The molecule has 1 heterocycles. The summed E-state index contributed by atoms with van der Waals surface area (Å²) in [5.41, 5.74) is 0.824. The summed E-state index contributed by atoms with van der Waals surface area (Å²) in [4.78, 5) is 13.8. The zero-order valence-corrected chi connectivity index (χ0v) is 6.45. The smallest absolute Gasteiger partial charge is 0.142 e. The minimum absolute atomic E-state index is 0.568. The molecule has 1 aromatic heterocycles. The number of aldehydes is 1. The second-order valence-corrected chi connectivity index (χ2v) is 2.37. The van der Waals surface area contributed by atoms with Gasteiger partial charge in [0.05, 0.1) is 5.02 Å². The van der Waals surface area contributed by atoms with Crippen LogP contribution in [0.15, 0.2) is 24.5 Å². The molecule has 0 aliphatic rings. The Labute approximate surface area is 69.5 Å². The second-order valence-electron chi connectivity index (χ2n) is 1.93. The largest absolute Gasteiger partial charge is 0.299 e. The molecule has 0 saturated carbocycles. The van der Waals surface area contributed by atoms with E-state index in [1.807, 2.05) is 0 Å². The molecule has 0 N–H and O–H groups in total. The van der Waals surface area contributed by atoms with Crippen LogP contribution in [0.5, 0.6) is 0 Å². The van der Waals surface area contributed by atoms with Gasteiger partial charge in [-0.15, -0.1) is 0 Å². The maximum Gasteiger partial charge on any atom is 0.142 e. The van der Waals surface area contributed by atoms with Crippen molar-refractivity contribution in [2.24, 2.45) is 0 Å². The lowest BCUT2D eigenvalue weighted by Crippen LogP contribution is -1.75. The topological polar surface area (TPSA) is 30.0 Å². The Kier molecular flexibility index (Phi) is 2.81. The predicted molar refractivity (Wildman–Crippen MR) is 44.3 cm³/mol. The summed E-state index contributed by atoms with van der Waals surface area (Å²) < 4.78 is 0. The van der Waals surface area contributed by atoms with Crippen molar-refractivity contribution in [3.05, 3.63) is 35.1 Å². The average Bonchev–Trinajstić information content (AvgIpc) is 2.01. The van der Waals surface area contributed by atoms with Gasteiger partial charge in [-0.2, -0.15) is 0 Å². The monoisotopic (exact) mass is 167 g/mol. The molecule has 56 valence electrons. The number of aromatic nitrogens is 1. The number of nitrogens with zero attached hydrogens (tertiary/aromatic N) is 1. The Hall–Kier alpha value is -1.15. The van der Waals surface area contributed by atoms with Crippen LogP contribution in [-0.2, 0) is 4.79 Å². The number of allylic oxidation sites excluding steroid dienone is 1. The Morgan fingerprint density at radius 3 is 2.91 bits per heavy atom. The first kappa shape index (κ1) is 7.95. The summed E-state index contributed by atoms with van der Waals surface area (Å²) in [6.45, 7) is 0. The van der Waals surface area contributed by atoms with Gasteiger partial charge in [-0.25, -0.2) is 0 Å². The van der Waals surface area contributed by atoms with Gasteiger partial charge in [0.1, 0.15) is 6.29 Å². The number of pyridine rings is 1. The van der Waals surface area contributed by atoms with Crippen LogP contribution < -0.4 is 0 Å². The van der Waals surface area contributed by atoms with E-state index in [0.717, 1.165) is 5.56 Å². The molecule has 1 aromatic rings. The molecule has 0 atom stereocenters. The molecule has 0 spiro atoms. The van der Waals surface area contributed by atoms with Crippen molar-refractivity contribution in [3.63, 3.8) is 0 Å². The molecule has 1 rings (SSSR count). The normalized spacial score (nSPS) is 10.3. The molecule has 0 unspecified atom stereocenters. The lowest BCUT2D eigenvalue weighted by atomic mass is 10.3. The molecular weight excluding hydrogens is 162 g/mol. The zero-order valence-electron chi connectivity index (χ0n) is 5.70. The van der Waals surface area contributed by atoms with Gasteiger partial charge in [0.2, 0.25) is 0 Å². The number of hydrogen-bond acceptors (Lipinski definition) is 2. The number of hydrogen-bond donors (Lipinski definition) is 0. The highest BCUT2D eigenvalue weighted by molar-refractivity contribution is 6.30. The van der Waals surface area contributed by atoms with Crippen molar-refractivity contribution in [2.45, 2.75) is 0 Å². The fourth-order valence-electron chi connectivity index (χ4n) is 0.670. The van der Waals surface area contributed by atoms with Crippen LogP contribution in [0.1, 0.15) is 5.56 Å². The summed E-state index contributed by atoms with van der Waals surface area (Å²) in [7, 11) is 0. The van der Waals surface area contributed by atoms with Crippen LogP contribution in [-0.4, -0.2) is 11.3 Å². The van der Waals surface area contributed by atoms with Crippen LogP contribution in [0.3, 0.4) is 0 Å². The molecular formula is C8H6ClNO. The Morgan fingerprint density at radius 1 is 1.45 bits per heavy atom. The van der Waals surface area contributed by atoms with Gasteiger partial charge >= 0.3 is 0 Å². The van der Waals surface area contributed by atoms with Crippen molar-refractivity contribution >= 4 is 24.0 Å². The quantitative estimate of drug-likeness (QED) is 0.498. The van der Waals surface area contributed by atoms with Crippen LogP contribution in [0.4, 0.5) is 0 Å². The SMILES string of the molecule is O=CC=Cc1cncc(Cl)c1. The molecule has 11 heavy (non-hydrogen) atoms. The lowest BCUT2D eigenvalue weighted by molar-refractivity contribution is -0.104. The molecule has 0 aliphatic heterocycles. The van der Waals surface area contributed by atoms with E-state index < -0.39 is 0 Å². The summed E-state index contributed by atoms with van der Waals surface area (Å²) in [5.74, 6) is 0. The van der Waals surface area contributed by atoms with Crippen LogP contribution in [0.25, 0.3) is 6.08 Å². The molecule has 2 nitrogen and oxygen atoms in total. The first-order valence-corrected chi connectivity index (χ1v) is 3.43. The summed E-state index contributed by atoms with van der Waals surface area (Å²) in [5, 5.41) is 0.568. The van der Waals surface area contributed by atoms with E-state index in [-0.39, 0.29) is 0 Å². The number of rotatable bonds is 2. The van der Waals surface area contributed by atoms with Crippen molar-refractivity contribution in [1.29, 1.82) is 0 Å². The van der Waals surface area contributed by atoms with E-state index >= 15 is 0 Å². The minimum atomic E-state index is 0.568. The third-order valence-electron chi connectivity index (χ3n) is 1.09. The molecule has 0 fully saturated rings. The summed E-state index contributed by atoms with van der Waals surface area (Å²) in [6, 6.07) is 1.73. The van der Waals surface area contributed by atoms with Gasteiger partial charge in [0, 0.05) is 12.4 Å². The highest BCUT2D eigenvalue weighted by Gasteiger charge is 1.88. The Balaban J connectivity index is 2.87. The van der Waals surface area contributed by atoms with E-state index in [9.17, 15) is 4.79 Å². The molecule has 0 bridgehead atoms. The molecule has 0 saturated heterocycles. The average molecular weight is 168 g/mol. The van der Waals surface area contributed by atoms with Gasteiger partial charge < -0.3 is 0 Å². The maximum atomic E-state index is 9.92. The second kappa shape index (κ2) is 3.88. The zero-order chi connectivity index (χ0) is 8.10. The predicted octanol–water partition coefficient (Wildman–Crippen LogP) is 1.95. The molecule has 3 heteroatoms. The molecule has 0 radical (unpaired) electrons. The van der Waals surface area contributed by atoms with Crippen molar-refractivity contribution in [2.75, 3.05) is 0 Å². The van der Waals surface area contributed by atoms with Gasteiger partial charge in [0.15, 0.2) is 0 Å². The van der Waals surface area contributed by atoms with Gasteiger partial charge in [-0.1, -0.05) is 17.7 Å². The van der Waals surface area contributed by atoms with E-state index in [1.165, 1.54) is 6.08 Å². The Bertz CT molecular complexity index is 283. The summed E-state index contributed by atoms with van der Waals surface area (Å²) in [6.07, 6.45) is 6.92. The van der Waals surface area contributed by atoms with Crippen molar-refractivity contribution < 1.29 is 4.79 Å². The maximum absolute atomic E-state index is 9.92. The number of carbonyl (C=O) groups is 1. The van der Waals surface area contributed by atoms with Gasteiger partial charge in [-0.05, 0) is 17.7 Å². The highest BCUT2D eigenvalue weighted by atomic mass is 35.5. The van der Waals surface area contributed by atoms with Crippen LogP contribution in [0.2, 0.25) is 5.02 Å². The third-order valence-corrected chi connectivity index (χ3v) is 1.30. The Morgan fingerprint density at radius 2 is 2.27 bits per heavy atom. The molecule has 0 aliphatic carbocycles. The van der Waals surface area contributed by atoms with E-state index in [2.05, 4.69) is 4.98 Å². The third kappa shape index (κ3) is 2.51. The van der Waals surface area contributed by atoms with Crippen molar-refractivity contribution in [3.8, 4) is 0 Å². The van der Waals surface area contributed by atoms with E-state index in [1.54, 1.807) is 24.5 Å². The van der Waals surface area contributed by atoms with Gasteiger partial charge in [0.25, 0.3) is 0 Å². The number of carbonyl (C=O) groups excluding carboxylic acids is 1. The van der Waals surface area contributed by atoms with E-state index in [4.69, 9.17) is 11.6 Å². The fraction of sp³-hybridized carbons (Fsp3) is 0. The standard InChI is InChI=1S/C8H6ClNO/c9-8-4-7(2-1-3-11)5-10-6-8/h1-6H. The highest BCUT2D eigenvalue weighted by Crippen LogP contribution is 2.08. The first-order valence-electron chi connectivity index (χ1n) is 3.05.